The van der Waals surface area contributed by atoms with Crippen molar-refractivity contribution in [2.75, 3.05) is 0 Å². The Kier molecular flexibility index (Phi) is 12.6. The maximum atomic E-state index is 12.7. The van der Waals surface area contributed by atoms with Crippen LogP contribution in [0.2, 0.25) is 0 Å². The van der Waals surface area contributed by atoms with E-state index in [1.54, 1.807) is 0 Å². The Hall–Kier alpha value is -2.62. The van der Waals surface area contributed by atoms with Gasteiger partial charge in [0.05, 0.1) is 0 Å². The van der Waals surface area contributed by atoms with Gasteiger partial charge in [-0.2, -0.15) is 0 Å². The molecule has 0 radical (unpaired) electrons. The molecule has 2 saturated heterocycles. The predicted molar refractivity (Wildman–Crippen MR) is 124 cm³/mol. The van der Waals surface area contributed by atoms with Crippen LogP contribution in [0.25, 0.3) is 0 Å². The van der Waals surface area contributed by atoms with Gasteiger partial charge >= 0.3 is 23.9 Å². The molecule has 2 heterocycles. The largest absolute Gasteiger partial charge is 0.392 e. The van der Waals surface area contributed by atoms with Gasteiger partial charge in [-0.1, -0.05) is 64.2 Å². The predicted octanol–water partition coefficient (Wildman–Crippen LogP) is 2.84. The van der Waals surface area contributed by atoms with Gasteiger partial charge in [0.2, 0.25) is 11.8 Å². The molecule has 0 aromatic rings. The Balaban J connectivity index is 2.05. The molecule has 2 atom stereocenters. The molecule has 2 rings (SSSR count). The van der Waals surface area contributed by atoms with E-state index in [1.165, 1.54) is 12.8 Å². The number of ether oxygens (including phenoxy) is 2. The van der Waals surface area contributed by atoms with E-state index in [0.717, 1.165) is 51.4 Å². The third-order valence-corrected chi connectivity index (χ3v) is 6.39. The summed E-state index contributed by atoms with van der Waals surface area (Å²) < 4.78 is 9.70. The van der Waals surface area contributed by atoms with E-state index >= 15 is 0 Å². The molecule has 35 heavy (non-hydrogen) atoms. The summed E-state index contributed by atoms with van der Waals surface area (Å²) in [5, 5.41) is 0. The van der Waals surface area contributed by atoms with Crippen LogP contribution < -0.4 is 5.73 Å². The molecule has 1 unspecified atom stereocenters. The number of hydrogen-bond donors (Lipinski definition) is 1. The average Bonchev–Trinajstić information content (AvgIpc) is 3.14. The van der Waals surface area contributed by atoms with Crippen LogP contribution in [0.4, 0.5) is 0 Å². The Bertz CT molecular complexity index is 765. The molecule has 2 fully saturated rings. The highest BCUT2D eigenvalue weighted by Crippen LogP contribution is 2.21. The van der Waals surface area contributed by atoms with E-state index in [1.807, 2.05) is 0 Å². The van der Waals surface area contributed by atoms with E-state index in [2.05, 4.69) is 0 Å². The van der Waals surface area contributed by atoms with Crippen molar-refractivity contribution in [2.24, 2.45) is 5.73 Å². The summed E-state index contributed by atoms with van der Waals surface area (Å²) in [4.78, 5) is 74.4. The molecule has 2 N–H and O–H groups in total. The van der Waals surface area contributed by atoms with Crippen LogP contribution in [0.3, 0.4) is 0 Å². The summed E-state index contributed by atoms with van der Waals surface area (Å²) in [7, 11) is 0. The molecule has 2 aliphatic rings. The number of esters is 4. The highest BCUT2D eigenvalue weighted by molar-refractivity contribution is 6.06. The third-order valence-electron chi connectivity index (χ3n) is 6.39. The fourth-order valence-electron chi connectivity index (χ4n) is 4.36. The molecule has 0 saturated carbocycles. The zero-order valence-corrected chi connectivity index (χ0v) is 20.5. The molecule has 0 aliphatic carbocycles. The van der Waals surface area contributed by atoms with Crippen molar-refractivity contribution in [1.29, 1.82) is 0 Å². The Morgan fingerprint density at radius 3 is 1.34 bits per heavy atom. The summed E-state index contributed by atoms with van der Waals surface area (Å²) in [6.07, 6.45) is 11.1. The minimum absolute atomic E-state index is 0.0307. The van der Waals surface area contributed by atoms with Crippen molar-refractivity contribution in [2.45, 2.75) is 121 Å². The maximum Gasteiger partial charge on any atom is 0.337 e. The maximum absolute atomic E-state index is 12.7. The van der Waals surface area contributed by atoms with Crippen molar-refractivity contribution >= 4 is 35.7 Å². The van der Waals surface area contributed by atoms with Gasteiger partial charge in [-0.25, -0.2) is 9.59 Å². The molecule has 0 aromatic heterocycles. The molecular weight excluding hydrogens is 456 g/mol. The van der Waals surface area contributed by atoms with E-state index in [4.69, 9.17) is 15.2 Å². The van der Waals surface area contributed by atoms with Gasteiger partial charge in [-0.15, -0.1) is 0 Å². The van der Waals surface area contributed by atoms with Crippen molar-refractivity contribution in [1.82, 2.24) is 4.90 Å². The number of carbonyl (C=O) groups excluding carboxylic acids is 6. The lowest BCUT2D eigenvalue weighted by atomic mass is 10.0. The van der Waals surface area contributed by atoms with E-state index < -0.39 is 54.2 Å². The highest BCUT2D eigenvalue weighted by Gasteiger charge is 2.42. The van der Waals surface area contributed by atoms with E-state index in [-0.39, 0.29) is 25.7 Å². The summed E-state index contributed by atoms with van der Waals surface area (Å²) >= 11 is 0. The van der Waals surface area contributed by atoms with Gasteiger partial charge in [0, 0.05) is 32.1 Å². The van der Waals surface area contributed by atoms with Crippen molar-refractivity contribution in [3.63, 3.8) is 0 Å². The standard InChI is InChI=1S/C25H38N2O8/c26-18-17-19(27-20(28)15-16-21(27)29)25(33)35-23(31)14-12-10-8-6-4-2-1-3-5-7-9-11-13-22(30)34-24(18)32/h18-19H,1-17,26H2/t18-,19?/m0/s1. The summed E-state index contributed by atoms with van der Waals surface area (Å²) in [5.41, 5.74) is 5.85. The van der Waals surface area contributed by atoms with Crippen molar-refractivity contribution in [3.8, 4) is 0 Å². The first-order valence-electron chi connectivity index (χ1n) is 12.9. The number of carbonyl (C=O) groups is 6. The minimum Gasteiger partial charge on any atom is -0.392 e. The van der Waals surface area contributed by atoms with Crippen LogP contribution in [0.5, 0.6) is 0 Å². The number of rotatable bonds is 1. The number of hydrogen-bond acceptors (Lipinski definition) is 9. The third kappa shape index (κ3) is 10.3. The molecule has 0 bridgehead atoms. The molecule has 10 heteroatoms. The first kappa shape index (κ1) is 28.6. The molecule has 10 nitrogen and oxygen atoms in total. The van der Waals surface area contributed by atoms with Crippen LogP contribution in [0.1, 0.15) is 109 Å². The van der Waals surface area contributed by atoms with Crippen LogP contribution in [-0.2, 0) is 38.2 Å². The highest BCUT2D eigenvalue weighted by atomic mass is 16.6. The lowest BCUT2D eigenvalue weighted by Crippen LogP contribution is -2.50. The van der Waals surface area contributed by atoms with Gasteiger partial charge in [0.25, 0.3) is 0 Å². The van der Waals surface area contributed by atoms with Gasteiger partial charge in [0.15, 0.2) is 0 Å². The zero-order valence-electron chi connectivity index (χ0n) is 20.5. The van der Waals surface area contributed by atoms with E-state index in [0.29, 0.717) is 17.7 Å². The number of imide groups is 1. The molecule has 2 amide bonds. The van der Waals surface area contributed by atoms with Gasteiger partial charge in [-0.3, -0.25) is 24.1 Å². The molecular formula is C25H38N2O8. The summed E-state index contributed by atoms with van der Waals surface area (Å²) in [6.45, 7) is 0. The second-order valence-electron chi connectivity index (χ2n) is 9.34. The van der Waals surface area contributed by atoms with Crippen LogP contribution in [0.15, 0.2) is 0 Å². The number of amides is 2. The second kappa shape index (κ2) is 15.4. The zero-order chi connectivity index (χ0) is 25.6. The van der Waals surface area contributed by atoms with Gasteiger partial charge in [0.1, 0.15) is 12.1 Å². The van der Waals surface area contributed by atoms with Crippen LogP contribution >= 0.6 is 0 Å². The number of cyclic esters (lactones) is 4. The van der Waals surface area contributed by atoms with Gasteiger partial charge < -0.3 is 15.2 Å². The van der Waals surface area contributed by atoms with Crippen LogP contribution in [0, 0.1) is 0 Å². The SMILES string of the molecule is N[C@H]1CC(N2C(=O)CCC2=O)C(=O)OC(=O)CCCCCCCCCCCCCCC(=O)OC1=O. The van der Waals surface area contributed by atoms with Crippen molar-refractivity contribution in [3.05, 3.63) is 0 Å². The topological polar surface area (TPSA) is 150 Å². The second-order valence-corrected chi connectivity index (χ2v) is 9.34. The Morgan fingerprint density at radius 1 is 0.543 bits per heavy atom. The first-order chi connectivity index (χ1) is 16.8. The molecule has 0 spiro atoms. The number of nitrogens with two attached hydrogens (primary N) is 1. The molecule has 0 aromatic carbocycles. The number of likely N-dealkylation sites (tertiary alicyclic amines) is 1. The van der Waals surface area contributed by atoms with E-state index in [9.17, 15) is 28.8 Å². The minimum atomic E-state index is -1.54. The smallest absolute Gasteiger partial charge is 0.337 e. The fraction of sp³-hybridized carbons (Fsp3) is 0.760. The lowest BCUT2D eigenvalue weighted by Gasteiger charge is -2.25. The number of nitrogens with zero attached hydrogens (tertiary/aromatic N) is 1. The lowest BCUT2D eigenvalue weighted by molar-refractivity contribution is -0.168. The molecule has 2 aliphatic heterocycles. The average molecular weight is 495 g/mol. The van der Waals surface area contributed by atoms with Crippen molar-refractivity contribution < 1.29 is 38.2 Å². The van der Waals surface area contributed by atoms with Gasteiger partial charge in [-0.05, 0) is 12.8 Å². The summed E-state index contributed by atoms with van der Waals surface area (Å²) in [5.74, 6) is -4.88. The first-order valence-corrected chi connectivity index (χ1v) is 12.9. The normalized spacial score (nSPS) is 26.4. The van der Waals surface area contributed by atoms with Crippen LogP contribution in [-0.4, -0.2) is 52.7 Å². The Labute approximate surface area is 206 Å². The monoisotopic (exact) mass is 494 g/mol. The Morgan fingerprint density at radius 2 is 0.914 bits per heavy atom. The molecule has 196 valence electrons. The fourth-order valence-corrected chi connectivity index (χ4v) is 4.36. The summed E-state index contributed by atoms with van der Waals surface area (Å²) in [6, 6.07) is -3.00. The quantitative estimate of drug-likeness (QED) is 0.330.